The zero-order chi connectivity index (χ0) is 15.1. The summed E-state index contributed by atoms with van der Waals surface area (Å²) in [4.78, 5) is 12.1. The van der Waals surface area contributed by atoms with Gasteiger partial charge in [0.1, 0.15) is 11.8 Å². The van der Waals surface area contributed by atoms with Crippen molar-refractivity contribution in [3.8, 4) is 0 Å². The third kappa shape index (κ3) is 4.76. The lowest BCUT2D eigenvalue weighted by Gasteiger charge is -2.17. The molecule has 0 spiro atoms. The molecule has 0 bridgehead atoms. The summed E-state index contributed by atoms with van der Waals surface area (Å²) in [5, 5.41) is 6.28. The van der Waals surface area contributed by atoms with E-state index >= 15 is 0 Å². The monoisotopic (exact) mass is 286 g/mol. The van der Waals surface area contributed by atoms with Crippen molar-refractivity contribution in [3.05, 3.63) is 60.1 Å². The van der Waals surface area contributed by atoms with Gasteiger partial charge in [0.2, 0.25) is 5.91 Å². The molecule has 2 aromatic rings. The first kappa shape index (κ1) is 15.3. The fraction of sp³-hybridized carbons (Fsp3) is 0.353. The molecule has 0 saturated heterocycles. The topological polar surface area (TPSA) is 54.3 Å². The lowest BCUT2D eigenvalue weighted by atomic mass is 10.0. The molecule has 1 aromatic carbocycles. The van der Waals surface area contributed by atoms with Gasteiger partial charge >= 0.3 is 0 Å². The predicted molar refractivity (Wildman–Crippen MR) is 82.9 cm³/mol. The maximum atomic E-state index is 12.1. The number of hydrogen-bond donors (Lipinski definition) is 2. The van der Waals surface area contributed by atoms with Gasteiger partial charge in [0.15, 0.2) is 0 Å². The molecule has 4 nitrogen and oxygen atoms in total. The van der Waals surface area contributed by atoms with Gasteiger partial charge in [-0.1, -0.05) is 44.2 Å². The van der Waals surface area contributed by atoms with Crippen LogP contribution in [0.25, 0.3) is 0 Å². The van der Waals surface area contributed by atoms with E-state index in [1.54, 1.807) is 6.26 Å². The predicted octanol–water partition coefficient (Wildman–Crippen LogP) is 2.87. The van der Waals surface area contributed by atoms with Crippen LogP contribution in [0.1, 0.15) is 37.6 Å². The van der Waals surface area contributed by atoms with Crippen molar-refractivity contribution in [2.75, 3.05) is 6.54 Å². The average Bonchev–Trinajstić information content (AvgIpc) is 2.99. The molecule has 4 heteroatoms. The van der Waals surface area contributed by atoms with Crippen LogP contribution in [-0.4, -0.2) is 18.5 Å². The summed E-state index contributed by atoms with van der Waals surface area (Å²) in [6, 6.07) is 13.7. The number of carbonyl (C=O) groups excluding carboxylic acids is 1. The van der Waals surface area contributed by atoms with Crippen LogP contribution in [0.4, 0.5) is 0 Å². The van der Waals surface area contributed by atoms with Crippen LogP contribution >= 0.6 is 0 Å². The zero-order valence-corrected chi connectivity index (χ0v) is 12.5. The van der Waals surface area contributed by atoms with E-state index in [2.05, 4.69) is 24.5 Å². The van der Waals surface area contributed by atoms with Crippen LogP contribution in [0, 0.1) is 0 Å². The molecule has 21 heavy (non-hydrogen) atoms. The van der Waals surface area contributed by atoms with Gasteiger partial charge in [-0.05, 0) is 17.7 Å². The van der Waals surface area contributed by atoms with E-state index < -0.39 is 0 Å². The van der Waals surface area contributed by atoms with Crippen LogP contribution in [0.3, 0.4) is 0 Å². The summed E-state index contributed by atoms with van der Waals surface area (Å²) >= 11 is 0. The molecule has 0 saturated carbocycles. The molecule has 2 N–H and O–H groups in total. The number of carbonyl (C=O) groups is 1. The minimum absolute atomic E-state index is 0.00778. The number of rotatable bonds is 7. The largest absolute Gasteiger partial charge is 0.467 e. The van der Waals surface area contributed by atoms with Crippen LogP contribution < -0.4 is 10.6 Å². The number of nitrogens with one attached hydrogen (secondary N) is 2. The summed E-state index contributed by atoms with van der Waals surface area (Å²) < 4.78 is 5.46. The second-order valence-electron chi connectivity index (χ2n) is 5.29. The van der Waals surface area contributed by atoms with Crippen molar-refractivity contribution in [3.63, 3.8) is 0 Å². The Morgan fingerprint density at radius 3 is 2.52 bits per heavy atom. The van der Waals surface area contributed by atoms with Gasteiger partial charge in [-0.2, -0.15) is 0 Å². The summed E-state index contributed by atoms with van der Waals surface area (Å²) in [5.74, 6) is 0.750. The Kier molecular flexibility index (Phi) is 5.58. The Morgan fingerprint density at radius 1 is 1.14 bits per heavy atom. The molecule has 0 radical (unpaired) electrons. The lowest BCUT2D eigenvalue weighted by Crippen LogP contribution is -2.33. The molecular weight excluding hydrogens is 264 g/mol. The van der Waals surface area contributed by atoms with Crippen molar-refractivity contribution >= 4 is 5.91 Å². The van der Waals surface area contributed by atoms with Crippen LogP contribution in [0.5, 0.6) is 0 Å². The van der Waals surface area contributed by atoms with Gasteiger partial charge in [-0.3, -0.25) is 4.79 Å². The van der Waals surface area contributed by atoms with E-state index in [1.807, 2.05) is 42.5 Å². The molecule has 0 aliphatic heterocycles. The molecule has 0 aliphatic carbocycles. The molecule has 0 fully saturated rings. The van der Waals surface area contributed by atoms with Crippen LogP contribution in [0.2, 0.25) is 0 Å². The van der Waals surface area contributed by atoms with Crippen LogP contribution in [0.15, 0.2) is 53.1 Å². The minimum Gasteiger partial charge on any atom is -0.467 e. The highest BCUT2D eigenvalue weighted by molar-refractivity contribution is 5.77. The Balaban J connectivity index is 2.02. The summed E-state index contributed by atoms with van der Waals surface area (Å²) in [5.41, 5.74) is 1.01. The highest BCUT2D eigenvalue weighted by atomic mass is 16.3. The third-order valence-corrected chi connectivity index (χ3v) is 3.17. The highest BCUT2D eigenvalue weighted by Gasteiger charge is 2.18. The number of amides is 1. The van der Waals surface area contributed by atoms with Crippen molar-refractivity contribution in [2.45, 2.75) is 32.4 Å². The van der Waals surface area contributed by atoms with E-state index in [1.165, 1.54) is 0 Å². The zero-order valence-electron chi connectivity index (χ0n) is 12.5. The first-order chi connectivity index (χ1) is 10.2. The second-order valence-corrected chi connectivity index (χ2v) is 5.29. The van der Waals surface area contributed by atoms with Crippen molar-refractivity contribution < 1.29 is 9.21 Å². The summed E-state index contributed by atoms with van der Waals surface area (Å²) in [6.07, 6.45) is 2.07. The SMILES string of the molecule is CC(C)NCCC(=O)NC(c1ccccc1)c1ccco1. The van der Waals surface area contributed by atoms with Crippen molar-refractivity contribution in [1.82, 2.24) is 10.6 Å². The normalized spacial score (nSPS) is 12.3. The fourth-order valence-corrected chi connectivity index (χ4v) is 2.13. The molecular formula is C17H22N2O2. The Labute approximate surface area is 125 Å². The van der Waals surface area contributed by atoms with Crippen molar-refractivity contribution in [1.29, 1.82) is 0 Å². The van der Waals surface area contributed by atoms with E-state index in [0.29, 0.717) is 19.0 Å². The van der Waals surface area contributed by atoms with Gasteiger partial charge in [0.05, 0.1) is 6.26 Å². The Morgan fingerprint density at radius 2 is 1.90 bits per heavy atom. The lowest BCUT2D eigenvalue weighted by molar-refractivity contribution is -0.121. The molecule has 112 valence electrons. The number of hydrogen-bond acceptors (Lipinski definition) is 3. The van der Waals surface area contributed by atoms with E-state index in [9.17, 15) is 4.79 Å². The van der Waals surface area contributed by atoms with E-state index in [0.717, 1.165) is 11.3 Å². The summed E-state index contributed by atoms with van der Waals surface area (Å²) in [7, 11) is 0. The van der Waals surface area contributed by atoms with Gasteiger partial charge in [0, 0.05) is 19.0 Å². The average molecular weight is 286 g/mol. The molecule has 1 unspecified atom stereocenters. The van der Waals surface area contributed by atoms with Crippen molar-refractivity contribution in [2.24, 2.45) is 0 Å². The fourth-order valence-electron chi connectivity index (χ4n) is 2.13. The Bertz CT molecular complexity index is 535. The second kappa shape index (κ2) is 7.64. The highest BCUT2D eigenvalue weighted by Crippen LogP contribution is 2.22. The van der Waals surface area contributed by atoms with Gasteiger partial charge < -0.3 is 15.1 Å². The number of furan rings is 1. The maximum Gasteiger partial charge on any atom is 0.222 e. The quantitative estimate of drug-likeness (QED) is 0.823. The minimum atomic E-state index is -0.243. The maximum absolute atomic E-state index is 12.1. The molecule has 1 heterocycles. The van der Waals surface area contributed by atoms with Gasteiger partial charge in [-0.15, -0.1) is 0 Å². The number of benzene rings is 1. The van der Waals surface area contributed by atoms with Gasteiger partial charge in [0.25, 0.3) is 0 Å². The van der Waals surface area contributed by atoms with E-state index in [4.69, 9.17) is 4.42 Å². The van der Waals surface area contributed by atoms with Crippen LogP contribution in [-0.2, 0) is 4.79 Å². The third-order valence-electron chi connectivity index (χ3n) is 3.17. The molecule has 1 aromatic heterocycles. The smallest absolute Gasteiger partial charge is 0.222 e. The Hall–Kier alpha value is -2.07. The first-order valence-corrected chi connectivity index (χ1v) is 7.28. The molecule has 1 atom stereocenters. The van der Waals surface area contributed by atoms with E-state index in [-0.39, 0.29) is 11.9 Å². The van der Waals surface area contributed by atoms with Gasteiger partial charge in [-0.25, -0.2) is 0 Å². The summed E-state index contributed by atoms with van der Waals surface area (Å²) in [6.45, 7) is 4.80. The first-order valence-electron chi connectivity index (χ1n) is 7.28. The standard InChI is InChI=1S/C17H22N2O2/c1-13(2)18-11-10-16(20)19-17(15-9-6-12-21-15)14-7-4-3-5-8-14/h3-9,12-13,17-18H,10-11H2,1-2H3,(H,19,20). The molecule has 2 rings (SSSR count). The molecule has 0 aliphatic rings. The molecule has 1 amide bonds.